The zero-order valence-electron chi connectivity index (χ0n) is 19.5. The van der Waals surface area contributed by atoms with Gasteiger partial charge in [-0.25, -0.2) is 0 Å². The Bertz CT molecular complexity index is 912. The molecule has 0 bridgehead atoms. The van der Waals surface area contributed by atoms with Crippen LogP contribution >= 0.6 is 11.3 Å². The second kappa shape index (κ2) is 9.43. The molecular weight excluding hydrogens is 408 g/mol. The van der Waals surface area contributed by atoms with Gasteiger partial charge in [-0.15, -0.1) is 11.3 Å². The van der Waals surface area contributed by atoms with Crippen molar-refractivity contribution in [1.82, 2.24) is 9.80 Å². The van der Waals surface area contributed by atoms with Gasteiger partial charge < -0.3 is 14.5 Å². The van der Waals surface area contributed by atoms with E-state index in [-0.39, 0.29) is 24.4 Å². The van der Waals surface area contributed by atoms with E-state index in [1.165, 1.54) is 17.4 Å². The second-order valence-corrected chi connectivity index (χ2v) is 10.5. The Hall–Kier alpha value is -2.34. The summed E-state index contributed by atoms with van der Waals surface area (Å²) in [4.78, 5) is 30.3. The third-order valence-electron chi connectivity index (χ3n) is 5.85. The number of fused-ring (bicyclic) bond motifs is 1. The van der Waals surface area contributed by atoms with E-state index in [2.05, 4.69) is 37.4 Å². The molecule has 0 saturated heterocycles. The standard InChI is InChI=1S/C25H34N2O3S/c1-17(2)19-7-9-20(10-8-19)30-16-22-21-12-14-31-23(21)11-13-26(22)24(29)15-27(18(3)28)25(4,5)6/h7-10,12,14,17,22H,11,13,15-16H2,1-6H3/t22-/m1/s1. The Balaban J connectivity index is 1.77. The Labute approximate surface area is 190 Å². The summed E-state index contributed by atoms with van der Waals surface area (Å²) >= 11 is 1.73. The summed E-state index contributed by atoms with van der Waals surface area (Å²) in [5, 5.41) is 2.08. The molecule has 0 fully saturated rings. The summed E-state index contributed by atoms with van der Waals surface area (Å²) in [5.74, 6) is 1.15. The van der Waals surface area contributed by atoms with Gasteiger partial charge in [-0.1, -0.05) is 26.0 Å². The molecule has 1 atom stereocenters. The molecule has 0 radical (unpaired) electrons. The van der Waals surface area contributed by atoms with Gasteiger partial charge in [-0.3, -0.25) is 9.59 Å². The van der Waals surface area contributed by atoms with Crippen molar-refractivity contribution in [2.45, 2.75) is 65.5 Å². The van der Waals surface area contributed by atoms with Crippen molar-refractivity contribution >= 4 is 23.2 Å². The molecule has 168 valence electrons. The van der Waals surface area contributed by atoms with Crippen LogP contribution in [-0.4, -0.2) is 46.8 Å². The lowest BCUT2D eigenvalue weighted by Crippen LogP contribution is -2.52. The van der Waals surface area contributed by atoms with Crippen molar-refractivity contribution in [3.05, 3.63) is 51.7 Å². The highest BCUT2D eigenvalue weighted by molar-refractivity contribution is 7.10. The molecule has 0 aliphatic carbocycles. The highest BCUT2D eigenvalue weighted by atomic mass is 32.1. The molecule has 1 aliphatic heterocycles. The van der Waals surface area contributed by atoms with E-state index in [9.17, 15) is 9.59 Å². The smallest absolute Gasteiger partial charge is 0.242 e. The van der Waals surface area contributed by atoms with Crippen molar-refractivity contribution < 1.29 is 14.3 Å². The third-order valence-corrected chi connectivity index (χ3v) is 6.85. The number of ether oxygens (including phenoxy) is 1. The maximum Gasteiger partial charge on any atom is 0.242 e. The maximum absolute atomic E-state index is 13.3. The Morgan fingerprint density at radius 3 is 2.45 bits per heavy atom. The molecule has 0 unspecified atom stereocenters. The van der Waals surface area contributed by atoms with E-state index < -0.39 is 5.54 Å². The van der Waals surface area contributed by atoms with E-state index >= 15 is 0 Å². The fourth-order valence-electron chi connectivity index (χ4n) is 4.05. The van der Waals surface area contributed by atoms with Crippen LogP contribution in [0.15, 0.2) is 35.7 Å². The second-order valence-electron chi connectivity index (χ2n) is 9.46. The number of amides is 2. The molecule has 2 amide bonds. The van der Waals surface area contributed by atoms with Crippen LogP contribution in [0.2, 0.25) is 0 Å². The first-order valence-electron chi connectivity index (χ1n) is 10.9. The summed E-state index contributed by atoms with van der Waals surface area (Å²) in [6.07, 6.45) is 0.841. The van der Waals surface area contributed by atoms with Crippen molar-refractivity contribution in [3.8, 4) is 5.75 Å². The lowest BCUT2D eigenvalue weighted by molar-refractivity contribution is -0.145. The fourth-order valence-corrected chi connectivity index (χ4v) is 4.97. The predicted molar refractivity (Wildman–Crippen MR) is 126 cm³/mol. The summed E-state index contributed by atoms with van der Waals surface area (Å²) in [6, 6.07) is 10.1. The van der Waals surface area contributed by atoms with Crippen LogP contribution in [-0.2, 0) is 16.0 Å². The first-order valence-corrected chi connectivity index (χ1v) is 11.8. The SMILES string of the molecule is CC(=O)N(CC(=O)N1CCc2sccc2[C@H]1COc1ccc(C(C)C)cc1)C(C)(C)C. The maximum atomic E-state index is 13.3. The molecule has 3 rings (SSSR count). The van der Waals surface area contributed by atoms with E-state index in [0.717, 1.165) is 17.7 Å². The molecule has 0 saturated carbocycles. The van der Waals surface area contributed by atoms with Crippen molar-refractivity contribution in [3.63, 3.8) is 0 Å². The van der Waals surface area contributed by atoms with Crippen molar-refractivity contribution in [2.75, 3.05) is 19.7 Å². The molecule has 0 N–H and O–H groups in total. The summed E-state index contributed by atoms with van der Waals surface area (Å²) in [5.41, 5.74) is 2.02. The van der Waals surface area contributed by atoms with E-state index in [4.69, 9.17) is 4.74 Å². The van der Waals surface area contributed by atoms with Gasteiger partial charge in [-0.05, 0) is 67.8 Å². The molecule has 5 nitrogen and oxygen atoms in total. The highest BCUT2D eigenvalue weighted by Gasteiger charge is 2.35. The lowest BCUT2D eigenvalue weighted by Gasteiger charge is -2.39. The molecule has 2 aromatic rings. The molecule has 1 aliphatic rings. The monoisotopic (exact) mass is 442 g/mol. The normalized spacial score (nSPS) is 16.2. The minimum absolute atomic E-state index is 0.0364. The number of rotatable bonds is 6. The highest BCUT2D eigenvalue weighted by Crippen LogP contribution is 2.34. The van der Waals surface area contributed by atoms with E-state index in [1.807, 2.05) is 37.8 Å². The number of hydrogen-bond donors (Lipinski definition) is 0. The van der Waals surface area contributed by atoms with Crippen molar-refractivity contribution in [2.24, 2.45) is 0 Å². The van der Waals surface area contributed by atoms with Crippen LogP contribution < -0.4 is 4.74 Å². The molecule has 1 aromatic heterocycles. The van der Waals surface area contributed by atoms with Gasteiger partial charge in [0.25, 0.3) is 0 Å². The molecule has 6 heteroatoms. The fraction of sp³-hybridized carbons (Fsp3) is 0.520. The summed E-state index contributed by atoms with van der Waals surface area (Å²) in [7, 11) is 0. The Kier molecular flexibility index (Phi) is 7.10. The van der Waals surface area contributed by atoms with Crippen LogP contribution in [0, 0.1) is 0 Å². The quantitative estimate of drug-likeness (QED) is 0.631. The number of hydrogen-bond acceptors (Lipinski definition) is 4. The van der Waals surface area contributed by atoms with Crippen LogP contribution in [0.4, 0.5) is 0 Å². The zero-order valence-corrected chi connectivity index (χ0v) is 20.3. The van der Waals surface area contributed by atoms with Gasteiger partial charge in [0.15, 0.2) is 0 Å². The largest absolute Gasteiger partial charge is 0.491 e. The van der Waals surface area contributed by atoms with Crippen LogP contribution in [0.1, 0.15) is 69.5 Å². The number of benzene rings is 1. The van der Waals surface area contributed by atoms with Crippen LogP contribution in [0.3, 0.4) is 0 Å². The summed E-state index contributed by atoms with van der Waals surface area (Å²) < 4.78 is 6.14. The minimum atomic E-state index is -0.408. The van der Waals surface area contributed by atoms with Gasteiger partial charge in [0.1, 0.15) is 18.9 Å². The van der Waals surface area contributed by atoms with Crippen molar-refractivity contribution in [1.29, 1.82) is 0 Å². The lowest BCUT2D eigenvalue weighted by atomic mass is 9.99. The predicted octanol–water partition coefficient (Wildman–Crippen LogP) is 5.02. The molecule has 0 spiro atoms. The Morgan fingerprint density at radius 1 is 1.19 bits per heavy atom. The van der Waals surface area contributed by atoms with Gasteiger partial charge in [-0.2, -0.15) is 0 Å². The van der Waals surface area contributed by atoms with Gasteiger partial charge in [0.05, 0.1) is 6.04 Å². The molecular formula is C25H34N2O3S. The average Bonchev–Trinajstić information content (AvgIpc) is 3.18. The van der Waals surface area contributed by atoms with E-state index in [0.29, 0.717) is 19.1 Å². The minimum Gasteiger partial charge on any atom is -0.491 e. The number of carbonyl (C=O) groups is 2. The molecule has 2 heterocycles. The molecule has 31 heavy (non-hydrogen) atoms. The van der Waals surface area contributed by atoms with E-state index in [1.54, 1.807) is 16.2 Å². The third kappa shape index (κ3) is 5.48. The van der Waals surface area contributed by atoms with Gasteiger partial charge in [0.2, 0.25) is 11.8 Å². The first kappa shape index (κ1) is 23.3. The van der Waals surface area contributed by atoms with Crippen LogP contribution in [0.5, 0.6) is 5.75 Å². The number of thiophene rings is 1. The molecule has 1 aromatic carbocycles. The topological polar surface area (TPSA) is 49.9 Å². The average molecular weight is 443 g/mol. The van der Waals surface area contributed by atoms with Crippen LogP contribution in [0.25, 0.3) is 0 Å². The Morgan fingerprint density at radius 2 is 1.87 bits per heavy atom. The summed E-state index contributed by atoms with van der Waals surface area (Å²) in [6.45, 7) is 12.8. The zero-order chi connectivity index (χ0) is 22.8. The number of nitrogens with zero attached hydrogens (tertiary/aromatic N) is 2. The number of carbonyl (C=O) groups excluding carboxylic acids is 2. The first-order chi connectivity index (χ1) is 14.6. The van der Waals surface area contributed by atoms with Gasteiger partial charge in [0, 0.05) is 23.9 Å². The van der Waals surface area contributed by atoms with Gasteiger partial charge >= 0.3 is 0 Å².